The molecule has 0 spiro atoms. The number of rotatable bonds is 3. The second kappa shape index (κ2) is 4.31. The van der Waals surface area contributed by atoms with E-state index in [2.05, 4.69) is 0 Å². The molecular formula is C13H14O3. The van der Waals surface area contributed by atoms with Crippen LogP contribution in [0.1, 0.15) is 17.1 Å². The number of furan rings is 1. The highest BCUT2D eigenvalue weighted by Crippen LogP contribution is 2.26. The molecule has 0 amide bonds. The van der Waals surface area contributed by atoms with Crippen molar-refractivity contribution in [2.75, 3.05) is 0 Å². The standard InChI is InChI=1S/C13H14O3/c1-9-6-7-11(16-9)8-15-13-5-3-4-12(14)10(13)2/h3-7,14H,8H2,1-2H3. The van der Waals surface area contributed by atoms with Crippen molar-refractivity contribution in [1.82, 2.24) is 0 Å². The minimum atomic E-state index is 0.244. The van der Waals surface area contributed by atoms with E-state index in [4.69, 9.17) is 9.15 Å². The molecule has 16 heavy (non-hydrogen) atoms. The molecule has 0 bridgehead atoms. The lowest BCUT2D eigenvalue weighted by Crippen LogP contribution is -1.95. The average molecular weight is 218 g/mol. The van der Waals surface area contributed by atoms with Crippen molar-refractivity contribution >= 4 is 0 Å². The predicted octanol–water partition coefficient (Wildman–Crippen LogP) is 3.18. The molecule has 2 aromatic rings. The Balaban J connectivity index is 2.07. The maximum Gasteiger partial charge on any atom is 0.146 e. The number of ether oxygens (including phenoxy) is 1. The summed E-state index contributed by atoms with van der Waals surface area (Å²) in [6.07, 6.45) is 0. The van der Waals surface area contributed by atoms with Crippen LogP contribution in [0.15, 0.2) is 34.7 Å². The van der Waals surface area contributed by atoms with Crippen LogP contribution in [-0.2, 0) is 6.61 Å². The Kier molecular flexibility index (Phi) is 2.86. The van der Waals surface area contributed by atoms with Gasteiger partial charge in [0, 0.05) is 5.56 Å². The van der Waals surface area contributed by atoms with E-state index in [0.29, 0.717) is 12.4 Å². The van der Waals surface area contributed by atoms with Gasteiger partial charge in [0.05, 0.1) is 0 Å². The molecule has 3 heteroatoms. The summed E-state index contributed by atoms with van der Waals surface area (Å²) in [6, 6.07) is 9.00. The molecule has 1 aromatic heterocycles. The number of phenols is 1. The van der Waals surface area contributed by atoms with Crippen LogP contribution in [0, 0.1) is 13.8 Å². The third-order valence-corrected chi connectivity index (χ3v) is 2.42. The van der Waals surface area contributed by atoms with E-state index in [1.165, 1.54) is 0 Å². The Hall–Kier alpha value is -1.90. The van der Waals surface area contributed by atoms with Gasteiger partial charge in [-0.2, -0.15) is 0 Å². The first-order valence-electron chi connectivity index (χ1n) is 5.13. The van der Waals surface area contributed by atoms with E-state index in [-0.39, 0.29) is 5.75 Å². The molecule has 0 atom stereocenters. The summed E-state index contributed by atoms with van der Waals surface area (Å²) in [5.74, 6) is 2.56. The first kappa shape index (κ1) is 10.6. The third kappa shape index (κ3) is 2.19. The van der Waals surface area contributed by atoms with E-state index >= 15 is 0 Å². The van der Waals surface area contributed by atoms with Gasteiger partial charge in [0.25, 0.3) is 0 Å². The Morgan fingerprint density at radius 2 is 2.00 bits per heavy atom. The van der Waals surface area contributed by atoms with Crippen molar-refractivity contribution in [1.29, 1.82) is 0 Å². The molecule has 1 N–H and O–H groups in total. The summed E-state index contributed by atoms with van der Waals surface area (Å²) in [5, 5.41) is 9.50. The summed E-state index contributed by atoms with van der Waals surface area (Å²) in [6.45, 7) is 4.08. The number of hydrogen-bond donors (Lipinski definition) is 1. The summed E-state index contributed by atoms with van der Waals surface area (Å²) in [7, 11) is 0. The number of phenolic OH excluding ortho intramolecular Hbond substituents is 1. The van der Waals surface area contributed by atoms with E-state index < -0.39 is 0 Å². The van der Waals surface area contributed by atoms with Gasteiger partial charge in [0.1, 0.15) is 29.6 Å². The van der Waals surface area contributed by atoms with Gasteiger partial charge in [0.2, 0.25) is 0 Å². The molecule has 0 aliphatic carbocycles. The van der Waals surface area contributed by atoms with Crippen LogP contribution < -0.4 is 4.74 Å². The molecule has 0 radical (unpaired) electrons. The highest BCUT2D eigenvalue weighted by atomic mass is 16.5. The molecular weight excluding hydrogens is 204 g/mol. The molecule has 0 unspecified atom stereocenters. The van der Waals surface area contributed by atoms with Crippen LogP contribution in [0.25, 0.3) is 0 Å². The van der Waals surface area contributed by atoms with Crippen molar-refractivity contribution in [3.05, 3.63) is 47.4 Å². The maximum absolute atomic E-state index is 9.50. The molecule has 0 aliphatic heterocycles. The molecule has 0 saturated heterocycles. The Labute approximate surface area is 94.3 Å². The van der Waals surface area contributed by atoms with Crippen LogP contribution in [0.2, 0.25) is 0 Å². The second-order valence-corrected chi connectivity index (χ2v) is 3.70. The van der Waals surface area contributed by atoms with Gasteiger partial charge in [-0.05, 0) is 38.1 Å². The Morgan fingerprint density at radius 1 is 1.19 bits per heavy atom. The van der Waals surface area contributed by atoms with E-state index in [1.807, 2.05) is 32.0 Å². The monoisotopic (exact) mass is 218 g/mol. The Morgan fingerprint density at radius 3 is 2.69 bits per heavy atom. The zero-order valence-corrected chi connectivity index (χ0v) is 9.36. The van der Waals surface area contributed by atoms with Crippen LogP contribution in [-0.4, -0.2) is 5.11 Å². The molecule has 1 heterocycles. The van der Waals surface area contributed by atoms with Crippen LogP contribution in [0.5, 0.6) is 11.5 Å². The number of aryl methyl sites for hydroxylation is 1. The topological polar surface area (TPSA) is 42.6 Å². The molecule has 1 aromatic carbocycles. The van der Waals surface area contributed by atoms with Crippen molar-refractivity contribution in [2.45, 2.75) is 20.5 Å². The summed E-state index contributed by atoms with van der Waals surface area (Å²) < 4.78 is 11.0. The summed E-state index contributed by atoms with van der Waals surface area (Å²) >= 11 is 0. The van der Waals surface area contributed by atoms with Gasteiger partial charge >= 0.3 is 0 Å². The second-order valence-electron chi connectivity index (χ2n) is 3.70. The van der Waals surface area contributed by atoms with Crippen molar-refractivity contribution < 1.29 is 14.3 Å². The lowest BCUT2D eigenvalue weighted by molar-refractivity contribution is 0.264. The fraction of sp³-hybridized carbons (Fsp3) is 0.231. The zero-order valence-electron chi connectivity index (χ0n) is 9.36. The van der Waals surface area contributed by atoms with Gasteiger partial charge in [-0.25, -0.2) is 0 Å². The molecule has 2 rings (SSSR count). The lowest BCUT2D eigenvalue weighted by atomic mass is 10.2. The smallest absolute Gasteiger partial charge is 0.146 e. The molecule has 84 valence electrons. The first-order valence-corrected chi connectivity index (χ1v) is 5.13. The number of aromatic hydroxyl groups is 1. The molecule has 0 saturated carbocycles. The van der Waals surface area contributed by atoms with Crippen molar-refractivity contribution in [3.8, 4) is 11.5 Å². The predicted molar refractivity (Wildman–Crippen MR) is 60.6 cm³/mol. The van der Waals surface area contributed by atoms with Crippen molar-refractivity contribution in [2.24, 2.45) is 0 Å². The van der Waals surface area contributed by atoms with Crippen LogP contribution in [0.4, 0.5) is 0 Å². The Bertz CT molecular complexity index is 486. The van der Waals surface area contributed by atoms with Crippen molar-refractivity contribution in [3.63, 3.8) is 0 Å². The molecule has 0 fully saturated rings. The highest BCUT2D eigenvalue weighted by molar-refractivity contribution is 5.42. The average Bonchev–Trinajstić information content (AvgIpc) is 2.67. The van der Waals surface area contributed by atoms with Crippen LogP contribution in [0.3, 0.4) is 0 Å². The molecule has 0 aliphatic rings. The highest BCUT2D eigenvalue weighted by Gasteiger charge is 2.05. The quantitative estimate of drug-likeness (QED) is 0.860. The summed E-state index contributed by atoms with van der Waals surface area (Å²) in [5.41, 5.74) is 0.741. The minimum Gasteiger partial charge on any atom is -0.508 e. The van der Waals surface area contributed by atoms with E-state index in [0.717, 1.165) is 17.1 Å². The van der Waals surface area contributed by atoms with Gasteiger partial charge in [-0.15, -0.1) is 0 Å². The zero-order chi connectivity index (χ0) is 11.5. The lowest BCUT2D eigenvalue weighted by Gasteiger charge is -2.08. The fourth-order valence-corrected chi connectivity index (χ4v) is 1.47. The van der Waals surface area contributed by atoms with Gasteiger partial charge in [0.15, 0.2) is 0 Å². The third-order valence-electron chi connectivity index (χ3n) is 2.42. The maximum atomic E-state index is 9.50. The van der Waals surface area contributed by atoms with Gasteiger partial charge < -0.3 is 14.3 Å². The van der Waals surface area contributed by atoms with Crippen LogP contribution >= 0.6 is 0 Å². The SMILES string of the molecule is Cc1ccc(COc2cccc(O)c2C)o1. The van der Waals surface area contributed by atoms with E-state index in [1.54, 1.807) is 12.1 Å². The van der Waals surface area contributed by atoms with Gasteiger partial charge in [-0.1, -0.05) is 6.07 Å². The fourth-order valence-electron chi connectivity index (χ4n) is 1.47. The first-order chi connectivity index (χ1) is 7.66. The normalized spacial score (nSPS) is 10.4. The summed E-state index contributed by atoms with van der Waals surface area (Å²) in [4.78, 5) is 0. The largest absolute Gasteiger partial charge is 0.508 e. The van der Waals surface area contributed by atoms with Gasteiger partial charge in [-0.3, -0.25) is 0 Å². The minimum absolute atomic E-state index is 0.244. The number of benzene rings is 1. The molecule has 3 nitrogen and oxygen atoms in total. The number of hydrogen-bond acceptors (Lipinski definition) is 3. The van der Waals surface area contributed by atoms with E-state index in [9.17, 15) is 5.11 Å².